The molecule has 3 N–H and O–H groups in total. The lowest BCUT2D eigenvalue weighted by Crippen LogP contribution is -2.39. The number of hydrogen-bond acceptors (Lipinski definition) is 3. The molecule has 0 spiro atoms. The Labute approximate surface area is 85.5 Å². The van der Waals surface area contributed by atoms with E-state index in [9.17, 15) is 0 Å². The number of anilines is 1. The lowest BCUT2D eigenvalue weighted by atomic mass is 10.1. The number of nitrogens with one attached hydrogen (secondary N) is 1. The van der Waals surface area contributed by atoms with Crippen molar-refractivity contribution < 1.29 is 0 Å². The van der Waals surface area contributed by atoms with Gasteiger partial charge in [0, 0.05) is 30.4 Å². The summed E-state index contributed by atoms with van der Waals surface area (Å²) in [4.78, 5) is 0. The normalized spacial score (nSPS) is 12.1. The molecule has 1 rings (SSSR count). The number of rotatable bonds is 4. The zero-order valence-corrected chi connectivity index (χ0v) is 9.41. The van der Waals surface area contributed by atoms with Gasteiger partial charge in [0.1, 0.15) is 5.82 Å². The predicted octanol–water partition coefficient (Wildman–Crippen LogP) is 1.61. The molecule has 0 saturated heterocycles. The summed E-state index contributed by atoms with van der Waals surface area (Å²) in [6.45, 7) is 8.90. The zero-order valence-electron chi connectivity index (χ0n) is 9.41. The van der Waals surface area contributed by atoms with Gasteiger partial charge in [-0.25, -0.2) is 0 Å². The third kappa shape index (κ3) is 3.38. The van der Waals surface area contributed by atoms with Crippen molar-refractivity contribution in [2.75, 3.05) is 11.9 Å². The maximum absolute atomic E-state index is 5.85. The van der Waals surface area contributed by atoms with E-state index in [1.54, 1.807) is 0 Å². The molecule has 0 atom stereocenters. The summed E-state index contributed by atoms with van der Waals surface area (Å²) >= 11 is 0. The van der Waals surface area contributed by atoms with Crippen LogP contribution in [0.3, 0.4) is 0 Å². The topological polar surface area (TPSA) is 55.9 Å². The third-order valence-corrected chi connectivity index (χ3v) is 1.86. The molecule has 0 aromatic carbocycles. The van der Waals surface area contributed by atoms with Crippen molar-refractivity contribution in [3.63, 3.8) is 0 Å². The van der Waals surface area contributed by atoms with Crippen molar-refractivity contribution in [2.24, 2.45) is 5.73 Å². The van der Waals surface area contributed by atoms with E-state index in [0.29, 0.717) is 6.04 Å². The van der Waals surface area contributed by atoms with Crippen molar-refractivity contribution in [3.05, 3.63) is 12.3 Å². The molecule has 4 nitrogen and oxygen atoms in total. The molecule has 1 heterocycles. The van der Waals surface area contributed by atoms with E-state index in [-0.39, 0.29) is 5.54 Å². The first-order chi connectivity index (χ1) is 6.38. The maximum atomic E-state index is 5.85. The van der Waals surface area contributed by atoms with Crippen LogP contribution in [0.1, 0.15) is 33.7 Å². The van der Waals surface area contributed by atoms with Crippen LogP contribution in [0.4, 0.5) is 5.82 Å². The molecule has 80 valence electrons. The second kappa shape index (κ2) is 4.00. The van der Waals surface area contributed by atoms with E-state index in [2.05, 4.69) is 24.3 Å². The fraction of sp³-hybridized carbons (Fsp3) is 0.700. The number of nitrogens with zero attached hydrogens (tertiary/aromatic N) is 2. The standard InChI is InChI=1S/C10H20N4/c1-8(2)14-6-5-9(13-14)12-7-10(3,4)11/h5-6,8H,7,11H2,1-4H3,(H,12,13). The number of hydrogen-bond donors (Lipinski definition) is 2. The maximum Gasteiger partial charge on any atom is 0.148 e. The quantitative estimate of drug-likeness (QED) is 0.769. The summed E-state index contributed by atoms with van der Waals surface area (Å²) in [5.41, 5.74) is 5.65. The van der Waals surface area contributed by atoms with Gasteiger partial charge in [0.15, 0.2) is 0 Å². The van der Waals surface area contributed by atoms with Crippen LogP contribution in [0.15, 0.2) is 12.3 Å². The molecule has 0 radical (unpaired) electrons. The SMILES string of the molecule is CC(C)n1ccc(NCC(C)(C)N)n1. The van der Waals surface area contributed by atoms with Crippen molar-refractivity contribution >= 4 is 5.82 Å². The lowest BCUT2D eigenvalue weighted by Gasteiger charge is -2.18. The minimum atomic E-state index is -0.207. The summed E-state index contributed by atoms with van der Waals surface area (Å²) in [6.07, 6.45) is 1.97. The second-order valence-electron chi connectivity index (χ2n) is 4.62. The average molecular weight is 196 g/mol. The van der Waals surface area contributed by atoms with Crippen LogP contribution >= 0.6 is 0 Å². The van der Waals surface area contributed by atoms with Gasteiger partial charge in [-0.15, -0.1) is 0 Å². The number of nitrogens with two attached hydrogens (primary N) is 1. The molecule has 0 saturated carbocycles. The van der Waals surface area contributed by atoms with Crippen LogP contribution in [0.25, 0.3) is 0 Å². The fourth-order valence-electron chi connectivity index (χ4n) is 1.04. The second-order valence-corrected chi connectivity index (χ2v) is 4.62. The van der Waals surface area contributed by atoms with Gasteiger partial charge in [-0.05, 0) is 27.7 Å². The third-order valence-electron chi connectivity index (χ3n) is 1.86. The van der Waals surface area contributed by atoms with Crippen LogP contribution in [0, 0.1) is 0 Å². The first-order valence-electron chi connectivity index (χ1n) is 4.96. The van der Waals surface area contributed by atoms with Crippen LogP contribution in [0.2, 0.25) is 0 Å². The average Bonchev–Trinajstić information content (AvgIpc) is 2.47. The van der Waals surface area contributed by atoms with E-state index in [4.69, 9.17) is 5.73 Å². The fourth-order valence-corrected chi connectivity index (χ4v) is 1.04. The van der Waals surface area contributed by atoms with E-state index in [0.717, 1.165) is 12.4 Å². The largest absolute Gasteiger partial charge is 0.367 e. The van der Waals surface area contributed by atoms with E-state index >= 15 is 0 Å². The van der Waals surface area contributed by atoms with E-state index < -0.39 is 0 Å². The van der Waals surface area contributed by atoms with Gasteiger partial charge in [-0.1, -0.05) is 0 Å². The minimum Gasteiger partial charge on any atom is -0.367 e. The Bertz CT molecular complexity index is 283. The Morgan fingerprint density at radius 1 is 1.57 bits per heavy atom. The molecule has 4 heteroatoms. The van der Waals surface area contributed by atoms with Gasteiger partial charge in [0.25, 0.3) is 0 Å². The van der Waals surface area contributed by atoms with Crippen LogP contribution in [0.5, 0.6) is 0 Å². The Morgan fingerprint density at radius 2 is 2.21 bits per heavy atom. The minimum absolute atomic E-state index is 0.207. The van der Waals surface area contributed by atoms with Crippen molar-refractivity contribution in [2.45, 2.75) is 39.3 Å². The smallest absolute Gasteiger partial charge is 0.148 e. The van der Waals surface area contributed by atoms with Crippen LogP contribution < -0.4 is 11.1 Å². The first-order valence-corrected chi connectivity index (χ1v) is 4.96. The molecule has 1 aromatic rings. The molecule has 1 aromatic heterocycles. The summed E-state index contributed by atoms with van der Waals surface area (Å²) in [6, 6.07) is 2.36. The Kier molecular flexibility index (Phi) is 3.16. The summed E-state index contributed by atoms with van der Waals surface area (Å²) in [7, 11) is 0. The van der Waals surface area contributed by atoms with Gasteiger partial charge in [0.2, 0.25) is 0 Å². The highest BCUT2D eigenvalue weighted by atomic mass is 15.3. The van der Waals surface area contributed by atoms with E-state index in [1.807, 2.05) is 30.8 Å². The molecular weight excluding hydrogens is 176 g/mol. The van der Waals surface area contributed by atoms with Gasteiger partial charge < -0.3 is 11.1 Å². The molecule has 0 unspecified atom stereocenters. The summed E-state index contributed by atoms with van der Waals surface area (Å²) < 4.78 is 1.92. The molecule has 0 aliphatic carbocycles. The molecule has 0 aliphatic rings. The molecular formula is C10H20N4. The molecule has 0 amide bonds. The summed E-state index contributed by atoms with van der Waals surface area (Å²) in [5, 5.41) is 7.57. The van der Waals surface area contributed by atoms with Crippen LogP contribution in [-0.2, 0) is 0 Å². The number of aromatic nitrogens is 2. The van der Waals surface area contributed by atoms with E-state index in [1.165, 1.54) is 0 Å². The van der Waals surface area contributed by atoms with Crippen molar-refractivity contribution in [3.8, 4) is 0 Å². The lowest BCUT2D eigenvalue weighted by molar-refractivity contribution is 0.527. The molecule has 0 fully saturated rings. The first kappa shape index (κ1) is 11.0. The van der Waals surface area contributed by atoms with Gasteiger partial charge in [-0.3, -0.25) is 4.68 Å². The molecule has 14 heavy (non-hydrogen) atoms. The van der Waals surface area contributed by atoms with Gasteiger partial charge in [-0.2, -0.15) is 5.10 Å². The predicted molar refractivity (Wildman–Crippen MR) is 59.4 cm³/mol. The molecule has 0 aliphatic heterocycles. The van der Waals surface area contributed by atoms with Gasteiger partial charge >= 0.3 is 0 Å². The monoisotopic (exact) mass is 196 g/mol. The van der Waals surface area contributed by atoms with Crippen molar-refractivity contribution in [1.82, 2.24) is 9.78 Å². The van der Waals surface area contributed by atoms with Gasteiger partial charge in [0.05, 0.1) is 0 Å². The molecule has 0 bridgehead atoms. The Morgan fingerprint density at radius 3 is 2.64 bits per heavy atom. The Hall–Kier alpha value is -1.03. The highest BCUT2D eigenvalue weighted by Crippen LogP contribution is 2.08. The highest BCUT2D eigenvalue weighted by Gasteiger charge is 2.10. The van der Waals surface area contributed by atoms with Crippen molar-refractivity contribution in [1.29, 1.82) is 0 Å². The van der Waals surface area contributed by atoms with Crippen LogP contribution in [-0.4, -0.2) is 21.9 Å². The zero-order chi connectivity index (χ0) is 10.8. The Balaban J connectivity index is 2.52. The highest BCUT2D eigenvalue weighted by molar-refractivity contribution is 5.32. The summed E-state index contributed by atoms with van der Waals surface area (Å²) in [5.74, 6) is 0.886.